The number of thioether (sulfide) groups is 1. The molecule has 1 aromatic rings. The fourth-order valence-electron chi connectivity index (χ4n) is 1.26. The zero-order chi connectivity index (χ0) is 12.3. The zero-order valence-corrected chi connectivity index (χ0v) is 10.7. The van der Waals surface area contributed by atoms with Gasteiger partial charge in [0.1, 0.15) is 0 Å². The van der Waals surface area contributed by atoms with E-state index in [1.807, 2.05) is 23.9 Å². The molecule has 0 atom stereocenters. The van der Waals surface area contributed by atoms with Gasteiger partial charge in [-0.25, -0.2) is 0 Å². The minimum Gasteiger partial charge on any atom is -0.396 e. The summed E-state index contributed by atoms with van der Waals surface area (Å²) < 4.78 is 0. The van der Waals surface area contributed by atoms with E-state index in [9.17, 15) is 0 Å². The van der Waals surface area contributed by atoms with Gasteiger partial charge in [-0.05, 0) is 29.9 Å². The molecule has 2 N–H and O–H groups in total. The van der Waals surface area contributed by atoms with Crippen molar-refractivity contribution in [2.45, 2.75) is 18.6 Å². The highest BCUT2D eigenvalue weighted by Gasteiger charge is 1.94. The molecule has 0 amide bonds. The summed E-state index contributed by atoms with van der Waals surface area (Å²) in [5.41, 5.74) is 2.27. The summed E-state index contributed by atoms with van der Waals surface area (Å²) in [6.07, 6.45) is 1.38. The molecule has 0 unspecified atom stereocenters. The zero-order valence-electron chi connectivity index (χ0n) is 9.85. The molecule has 0 saturated heterocycles. The third kappa shape index (κ3) is 6.38. The molecule has 0 saturated carbocycles. The van der Waals surface area contributed by atoms with E-state index < -0.39 is 0 Å². The van der Waals surface area contributed by atoms with Crippen LogP contribution in [-0.4, -0.2) is 29.2 Å². The highest BCUT2D eigenvalue weighted by Crippen LogP contribution is 2.13. The molecule has 0 aliphatic heterocycles. The Morgan fingerprint density at radius 3 is 2.47 bits per heavy atom. The van der Waals surface area contributed by atoms with Gasteiger partial charge in [0, 0.05) is 24.3 Å². The maximum Gasteiger partial charge on any atom is 0.0540 e. The van der Waals surface area contributed by atoms with Crippen LogP contribution in [0.15, 0.2) is 24.3 Å². The molecule has 0 aliphatic carbocycles. The van der Waals surface area contributed by atoms with E-state index in [-0.39, 0.29) is 13.2 Å². The molecular weight excluding hydrogens is 232 g/mol. The van der Waals surface area contributed by atoms with Crippen molar-refractivity contribution in [3.05, 3.63) is 35.4 Å². The third-order valence-corrected chi connectivity index (χ3v) is 3.25. The highest BCUT2D eigenvalue weighted by atomic mass is 32.2. The number of hydrogen-bond acceptors (Lipinski definition) is 3. The second-order valence-corrected chi connectivity index (χ2v) is 4.71. The molecule has 92 valence electrons. The Morgan fingerprint density at radius 1 is 1.06 bits per heavy atom. The van der Waals surface area contributed by atoms with Crippen LogP contribution in [0.5, 0.6) is 0 Å². The van der Waals surface area contributed by atoms with Crippen molar-refractivity contribution in [2.24, 2.45) is 0 Å². The van der Waals surface area contributed by atoms with Gasteiger partial charge in [0.25, 0.3) is 0 Å². The molecule has 17 heavy (non-hydrogen) atoms. The van der Waals surface area contributed by atoms with Gasteiger partial charge >= 0.3 is 0 Å². The molecular formula is C14H18O2S. The monoisotopic (exact) mass is 250 g/mol. The fourth-order valence-corrected chi connectivity index (χ4v) is 2.17. The average Bonchev–Trinajstić information content (AvgIpc) is 2.37. The van der Waals surface area contributed by atoms with Crippen LogP contribution in [0.1, 0.15) is 24.0 Å². The van der Waals surface area contributed by atoms with Crippen molar-refractivity contribution in [2.75, 3.05) is 19.0 Å². The Morgan fingerprint density at radius 2 is 1.82 bits per heavy atom. The lowest BCUT2D eigenvalue weighted by molar-refractivity contribution is 0.296. The average molecular weight is 250 g/mol. The molecule has 0 heterocycles. The number of aliphatic hydroxyl groups is 2. The minimum absolute atomic E-state index is 0.118. The van der Waals surface area contributed by atoms with Gasteiger partial charge in [0.15, 0.2) is 0 Å². The smallest absolute Gasteiger partial charge is 0.0540 e. The molecule has 1 rings (SSSR count). The summed E-state index contributed by atoms with van der Waals surface area (Å²) in [5.74, 6) is 7.87. The standard InChI is InChI=1S/C14H18O2S/c15-9-2-1-4-13-5-7-14(8-6-13)12-17-11-3-10-16/h5-8,15-16H,2-3,9-12H2. The van der Waals surface area contributed by atoms with Crippen LogP contribution < -0.4 is 0 Å². The van der Waals surface area contributed by atoms with Crippen LogP contribution in [0, 0.1) is 11.8 Å². The summed E-state index contributed by atoms with van der Waals surface area (Å²) in [4.78, 5) is 0. The van der Waals surface area contributed by atoms with Gasteiger partial charge < -0.3 is 10.2 Å². The summed E-state index contributed by atoms with van der Waals surface area (Å²) >= 11 is 1.83. The maximum atomic E-state index is 8.66. The van der Waals surface area contributed by atoms with E-state index in [1.165, 1.54) is 5.56 Å². The Hall–Kier alpha value is -0.950. The molecule has 0 fully saturated rings. The van der Waals surface area contributed by atoms with E-state index >= 15 is 0 Å². The van der Waals surface area contributed by atoms with Crippen molar-refractivity contribution < 1.29 is 10.2 Å². The number of aliphatic hydroxyl groups excluding tert-OH is 2. The molecule has 3 heteroatoms. The van der Waals surface area contributed by atoms with Crippen LogP contribution in [0.3, 0.4) is 0 Å². The van der Waals surface area contributed by atoms with E-state index in [0.717, 1.165) is 23.5 Å². The first-order valence-corrected chi connectivity index (χ1v) is 6.89. The Kier molecular flexibility index (Phi) is 7.57. The quantitative estimate of drug-likeness (QED) is 0.599. The summed E-state index contributed by atoms with van der Waals surface area (Å²) in [6, 6.07) is 8.17. The van der Waals surface area contributed by atoms with E-state index in [0.29, 0.717) is 6.42 Å². The molecule has 2 nitrogen and oxygen atoms in total. The lowest BCUT2D eigenvalue weighted by Crippen LogP contribution is -1.87. The Balaban J connectivity index is 2.37. The topological polar surface area (TPSA) is 40.5 Å². The third-order valence-electron chi connectivity index (χ3n) is 2.14. The molecule has 0 radical (unpaired) electrons. The largest absolute Gasteiger partial charge is 0.396 e. The minimum atomic E-state index is 0.118. The predicted molar refractivity (Wildman–Crippen MR) is 72.9 cm³/mol. The van der Waals surface area contributed by atoms with Crippen LogP contribution in [0.25, 0.3) is 0 Å². The first-order valence-electron chi connectivity index (χ1n) is 5.74. The van der Waals surface area contributed by atoms with Crippen LogP contribution in [0.2, 0.25) is 0 Å². The highest BCUT2D eigenvalue weighted by molar-refractivity contribution is 7.98. The van der Waals surface area contributed by atoms with Crippen LogP contribution in [-0.2, 0) is 5.75 Å². The van der Waals surface area contributed by atoms with Crippen molar-refractivity contribution in [3.63, 3.8) is 0 Å². The number of benzene rings is 1. The van der Waals surface area contributed by atoms with E-state index in [2.05, 4.69) is 24.0 Å². The van der Waals surface area contributed by atoms with Gasteiger partial charge in [0.05, 0.1) is 6.61 Å². The molecule has 1 aromatic carbocycles. The SMILES string of the molecule is OCCC#Cc1ccc(CSCCCO)cc1. The van der Waals surface area contributed by atoms with Crippen LogP contribution in [0.4, 0.5) is 0 Å². The second kappa shape index (κ2) is 9.12. The van der Waals surface area contributed by atoms with Crippen molar-refractivity contribution in [1.29, 1.82) is 0 Å². The number of rotatable bonds is 6. The summed E-state index contributed by atoms with van der Waals surface area (Å²) in [5, 5.41) is 17.3. The molecule has 0 spiro atoms. The summed E-state index contributed by atoms with van der Waals surface area (Å²) in [7, 11) is 0. The van der Waals surface area contributed by atoms with E-state index in [4.69, 9.17) is 10.2 Å². The second-order valence-electron chi connectivity index (χ2n) is 3.60. The molecule has 0 aliphatic rings. The summed E-state index contributed by atoms with van der Waals surface area (Å²) in [6.45, 7) is 0.388. The van der Waals surface area contributed by atoms with Gasteiger partial charge in [0.2, 0.25) is 0 Å². The van der Waals surface area contributed by atoms with Crippen molar-refractivity contribution in [3.8, 4) is 11.8 Å². The molecule has 0 bridgehead atoms. The van der Waals surface area contributed by atoms with Gasteiger partial charge in [-0.2, -0.15) is 11.8 Å². The van der Waals surface area contributed by atoms with Crippen molar-refractivity contribution in [1.82, 2.24) is 0 Å². The normalized spacial score (nSPS) is 9.76. The lowest BCUT2D eigenvalue weighted by Gasteiger charge is -2.01. The van der Waals surface area contributed by atoms with E-state index in [1.54, 1.807) is 0 Å². The Labute approximate surface area is 107 Å². The molecule has 0 aromatic heterocycles. The van der Waals surface area contributed by atoms with Crippen LogP contribution >= 0.6 is 11.8 Å². The maximum absolute atomic E-state index is 8.66. The Bertz CT molecular complexity index is 362. The van der Waals surface area contributed by atoms with Gasteiger partial charge in [-0.1, -0.05) is 24.0 Å². The number of hydrogen-bond donors (Lipinski definition) is 2. The van der Waals surface area contributed by atoms with Crippen molar-refractivity contribution >= 4 is 11.8 Å². The lowest BCUT2D eigenvalue weighted by atomic mass is 10.1. The first-order chi connectivity index (χ1) is 8.36. The fraction of sp³-hybridized carbons (Fsp3) is 0.429. The predicted octanol–water partition coefficient (Wildman–Crippen LogP) is 2.04. The van der Waals surface area contributed by atoms with Gasteiger partial charge in [-0.3, -0.25) is 0 Å². The first kappa shape index (κ1) is 14.1. The van der Waals surface area contributed by atoms with Gasteiger partial charge in [-0.15, -0.1) is 0 Å².